The van der Waals surface area contributed by atoms with Crippen LogP contribution in [0.15, 0.2) is 28.7 Å². The molecular formula is C17H21N3O3. The summed E-state index contributed by atoms with van der Waals surface area (Å²) in [6, 6.07) is 8.58. The van der Waals surface area contributed by atoms with Gasteiger partial charge in [0, 0.05) is 37.1 Å². The van der Waals surface area contributed by atoms with Crippen molar-refractivity contribution in [3.8, 4) is 11.5 Å². The fraction of sp³-hybridized carbons (Fsp3) is 0.529. The Kier molecular flexibility index (Phi) is 3.79. The first-order chi connectivity index (χ1) is 11.2. The summed E-state index contributed by atoms with van der Waals surface area (Å²) in [6.07, 6.45) is 4.04. The second-order valence-corrected chi connectivity index (χ2v) is 6.23. The van der Waals surface area contributed by atoms with Gasteiger partial charge in [0.15, 0.2) is 5.79 Å². The number of anilines is 1. The van der Waals surface area contributed by atoms with Crippen molar-refractivity contribution in [1.29, 1.82) is 0 Å². The Morgan fingerprint density at radius 1 is 1.04 bits per heavy atom. The minimum absolute atomic E-state index is 0.294. The monoisotopic (exact) mass is 315 g/mol. The van der Waals surface area contributed by atoms with Gasteiger partial charge in [0.1, 0.15) is 0 Å². The number of nitrogens with zero attached hydrogens (tertiary/aromatic N) is 2. The lowest BCUT2D eigenvalue weighted by Gasteiger charge is -2.36. The van der Waals surface area contributed by atoms with Crippen molar-refractivity contribution >= 4 is 5.69 Å². The second-order valence-electron chi connectivity index (χ2n) is 6.23. The molecule has 1 aliphatic heterocycles. The minimum Gasteiger partial charge on any atom is -0.421 e. The van der Waals surface area contributed by atoms with Crippen LogP contribution in [-0.4, -0.2) is 35.2 Å². The molecule has 4 rings (SSSR count). The summed E-state index contributed by atoms with van der Waals surface area (Å²) in [7, 11) is 0. The Bertz CT molecular complexity index is 652. The Morgan fingerprint density at radius 2 is 1.74 bits per heavy atom. The first-order valence-corrected chi connectivity index (χ1v) is 8.17. The van der Waals surface area contributed by atoms with Crippen LogP contribution in [0.2, 0.25) is 0 Å². The number of aromatic nitrogens is 2. The summed E-state index contributed by atoms with van der Waals surface area (Å²) in [4.78, 5) is 0. The van der Waals surface area contributed by atoms with E-state index >= 15 is 0 Å². The molecule has 6 heteroatoms. The van der Waals surface area contributed by atoms with Crippen molar-refractivity contribution in [3.05, 3.63) is 30.2 Å². The molecule has 0 atom stereocenters. The van der Waals surface area contributed by atoms with Crippen LogP contribution < -0.4 is 5.32 Å². The molecule has 2 fully saturated rings. The van der Waals surface area contributed by atoms with Gasteiger partial charge in [-0.1, -0.05) is 0 Å². The van der Waals surface area contributed by atoms with Crippen molar-refractivity contribution < 1.29 is 13.9 Å². The van der Waals surface area contributed by atoms with E-state index in [1.165, 1.54) is 0 Å². The number of aryl methyl sites for hydroxylation is 1. The SMILES string of the molecule is Cc1nnc(-c2ccc(NC3CCC4(CC3)OCCO4)cc2)o1. The highest BCUT2D eigenvalue weighted by molar-refractivity contribution is 5.58. The van der Waals surface area contributed by atoms with Crippen LogP contribution in [0.5, 0.6) is 0 Å². The van der Waals surface area contributed by atoms with E-state index in [0.717, 1.165) is 50.1 Å². The van der Waals surface area contributed by atoms with Crippen LogP contribution >= 0.6 is 0 Å². The van der Waals surface area contributed by atoms with E-state index < -0.39 is 0 Å². The molecule has 2 aromatic rings. The van der Waals surface area contributed by atoms with Gasteiger partial charge in [-0.05, 0) is 37.1 Å². The third kappa shape index (κ3) is 3.09. The van der Waals surface area contributed by atoms with Crippen molar-refractivity contribution in [2.75, 3.05) is 18.5 Å². The summed E-state index contributed by atoms with van der Waals surface area (Å²) in [5, 5.41) is 11.5. The van der Waals surface area contributed by atoms with Crippen molar-refractivity contribution in [3.63, 3.8) is 0 Å². The predicted octanol–water partition coefficient (Wildman–Crippen LogP) is 3.14. The normalized spacial score (nSPS) is 20.9. The van der Waals surface area contributed by atoms with E-state index in [1.54, 1.807) is 6.92 Å². The highest BCUT2D eigenvalue weighted by Crippen LogP contribution is 2.36. The Morgan fingerprint density at radius 3 is 2.35 bits per heavy atom. The highest BCUT2D eigenvalue weighted by Gasteiger charge is 2.40. The van der Waals surface area contributed by atoms with Crippen LogP contribution in [-0.2, 0) is 9.47 Å². The number of hydrogen-bond acceptors (Lipinski definition) is 6. The van der Waals surface area contributed by atoms with E-state index in [9.17, 15) is 0 Å². The molecule has 0 unspecified atom stereocenters. The van der Waals surface area contributed by atoms with E-state index in [-0.39, 0.29) is 5.79 Å². The lowest BCUT2D eigenvalue weighted by Crippen LogP contribution is -2.39. The summed E-state index contributed by atoms with van der Waals surface area (Å²) in [5.41, 5.74) is 2.05. The van der Waals surface area contributed by atoms with Gasteiger partial charge in [0.05, 0.1) is 13.2 Å². The number of hydrogen-bond donors (Lipinski definition) is 1. The Balaban J connectivity index is 1.36. The van der Waals surface area contributed by atoms with E-state index in [4.69, 9.17) is 13.9 Å². The maximum atomic E-state index is 5.77. The average Bonchev–Trinajstić information content (AvgIpc) is 3.20. The van der Waals surface area contributed by atoms with Gasteiger partial charge < -0.3 is 19.2 Å². The Labute approximate surface area is 135 Å². The van der Waals surface area contributed by atoms with Crippen LogP contribution in [0, 0.1) is 6.92 Å². The van der Waals surface area contributed by atoms with Gasteiger partial charge in [0.25, 0.3) is 0 Å². The molecule has 1 aliphatic carbocycles. The molecule has 0 bridgehead atoms. The van der Waals surface area contributed by atoms with E-state index in [0.29, 0.717) is 17.8 Å². The number of benzene rings is 1. The molecule has 1 aromatic carbocycles. The molecular weight excluding hydrogens is 294 g/mol. The molecule has 2 aliphatic rings. The molecule has 122 valence electrons. The molecule has 0 amide bonds. The third-order valence-corrected chi connectivity index (χ3v) is 4.59. The first-order valence-electron chi connectivity index (χ1n) is 8.17. The molecule has 6 nitrogen and oxygen atoms in total. The maximum absolute atomic E-state index is 5.77. The smallest absolute Gasteiger partial charge is 0.247 e. The Hall–Kier alpha value is -1.92. The van der Waals surface area contributed by atoms with Gasteiger partial charge in [-0.3, -0.25) is 0 Å². The zero-order valence-electron chi connectivity index (χ0n) is 13.2. The minimum atomic E-state index is -0.294. The predicted molar refractivity (Wildman–Crippen MR) is 85.0 cm³/mol. The molecule has 1 N–H and O–H groups in total. The van der Waals surface area contributed by atoms with Gasteiger partial charge in [-0.15, -0.1) is 10.2 Å². The number of nitrogens with one attached hydrogen (secondary N) is 1. The number of rotatable bonds is 3. The largest absolute Gasteiger partial charge is 0.421 e. The topological polar surface area (TPSA) is 69.4 Å². The summed E-state index contributed by atoms with van der Waals surface area (Å²) >= 11 is 0. The van der Waals surface area contributed by atoms with E-state index in [1.807, 2.05) is 12.1 Å². The fourth-order valence-corrected chi connectivity index (χ4v) is 3.35. The maximum Gasteiger partial charge on any atom is 0.247 e. The molecule has 2 heterocycles. The van der Waals surface area contributed by atoms with Crippen LogP contribution in [0.4, 0.5) is 5.69 Å². The van der Waals surface area contributed by atoms with E-state index in [2.05, 4.69) is 27.6 Å². The first kappa shape index (κ1) is 14.7. The van der Waals surface area contributed by atoms with Gasteiger partial charge in [-0.25, -0.2) is 0 Å². The van der Waals surface area contributed by atoms with Crippen LogP contribution in [0.1, 0.15) is 31.6 Å². The summed E-state index contributed by atoms with van der Waals surface area (Å²) < 4.78 is 17.0. The molecule has 1 saturated carbocycles. The van der Waals surface area contributed by atoms with Crippen LogP contribution in [0.3, 0.4) is 0 Å². The summed E-state index contributed by atoms with van der Waals surface area (Å²) in [6.45, 7) is 3.25. The molecule has 1 saturated heterocycles. The standard InChI is InChI=1S/C17H21N3O3/c1-12-19-20-16(23-12)13-2-4-14(5-3-13)18-15-6-8-17(9-7-15)21-10-11-22-17/h2-5,15,18H,6-11H2,1H3. The lowest BCUT2D eigenvalue weighted by molar-refractivity contribution is -0.177. The molecule has 0 radical (unpaired) electrons. The van der Waals surface area contributed by atoms with Crippen molar-refractivity contribution in [2.45, 2.75) is 44.4 Å². The summed E-state index contributed by atoms with van der Waals surface area (Å²) in [5.74, 6) is 0.844. The average molecular weight is 315 g/mol. The third-order valence-electron chi connectivity index (χ3n) is 4.59. The molecule has 23 heavy (non-hydrogen) atoms. The zero-order chi connectivity index (χ0) is 15.7. The number of ether oxygens (including phenoxy) is 2. The highest BCUT2D eigenvalue weighted by atomic mass is 16.7. The fourth-order valence-electron chi connectivity index (χ4n) is 3.35. The van der Waals surface area contributed by atoms with Gasteiger partial charge >= 0.3 is 0 Å². The van der Waals surface area contributed by atoms with Crippen molar-refractivity contribution in [1.82, 2.24) is 10.2 Å². The lowest BCUT2D eigenvalue weighted by atomic mass is 9.90. The molecule has 1 spiro atoms. The zero-order valence-corrected chi connectivity index (χ0v) is 13.2. The molecule has 1 aromatic heterocycles. The van der Waals surface area contributed by atoms with Gasteiger partial charge in [0.2, 0.25) is 11.8 Å². The second kappa shape index (κ2) is 5.94. The van der Waals surface area contributed by atoms with Gasteiger partial charge in [-0.2, -0.15) is 0 Å². The van der Waals surface area contributed by atoms with Crippen LogP contribution in [0.25, 0.3) is 11.5 Å². The van der Waals surface area contributed by atoms with Crippen molar-refractivity contribution in [2.24, 2.45) is 0 Å². The quantitative estimate of drug-likeness (QED) is 0.938.